The Balaban J connectivity index is 2.08. The Morgan fingerprint density at radius 1 is 1.35 bits per heavy atom. The first-order valence-corrected chi connectivity index (χ1v) is 7.11. The summed E-state index contributed by atoms with van der Waals surface area (Å²) in [6.07, 6.45) is 1.60. The number of benzene rings is 1. The molecule has 2 rings (SSSR count). The lowest BCUT2D eigenvalue weighted by molar-refractivity contribution is 0.0939. The molecule has 0 saturated carbocycles. The van der Waals surface area contributed by atoms with E-state index in [1.165, 1.54) is 0 Å². The number of hydrogen-bond donors (Lipinski definition) is 2. The molecule has 1 amide bonds. The number of rotatable bonds is 4. The number of nitrogens with zero attached hydrogens (tertiary/aromatic N) is 1. The van der Waals surface area contributed by atoms with Crippen LogP contribution >= 0.6 is 15.9 Å². The maximum absolute atomic E-state index is 12.2. The predicted molar refractivity (Wildman–Crippen MR) is 82.2 cm³/mol. The highest BCUT2D eigenvalue weighted by molar-refractivity contribution is 9.10. The minimum atomic E-state index is -0.127. The van der Waals surface area contributed by atoms with Crippen LogP contribution in [-0.2, 0) is 6.54 Å². The van der Waals surface area contributed by atoms with Gasteiger partial charge in [0.25, 0.3) is 5.91 Å². The Hall–Kier alpha value is -1.72. The molecule has 0 aliphatic rings. The Labute approximate surface area is 126 Å². The standard InChI is InChI=1S/C15H16BrN3O/c1-10(11-2-4-13(16)5-3-11)19-15(20)12-6-7-18-14(8-12)9-17/h2-8,10H,9,17H2,1H3,(H,19,20)/t10-/m0/s1. The van der Waals surface area contributed by atoms with Gasteiger partial charge in [0.05, 0.1) is 11.7 Å². The van der Waals surface area contributed by atoms with Gasteiger partial charge in [-0.1, -0.05) is 28.1 Å². The molecule has 0 aliphatic heterocycles. The number of amides is 1. The predicted octanol–water partition coefficient (Wildman–Crippen LogP) is 2.79. The third-order valence-corrected chi connectivity index (χ3v) is 3.53. The molecule has 20 heavy (non-hydrogen) atoms. The summed E-state index contributed by atoms with van der Waals surface area (Å²) in [5, 5.41) is 2.96. The Morgan fingerprint density at radius 2 is 2.05 bits per heavy atom. The van der Waals surface area contributed by atoms with E-state index in [9.17, 15) is 4.79 Å². The zero-order valence-electron chi connectivity index (χ0n) is 11.1. The van der Waals surface area contributed by atoms with Gasteiger partial charge in [-0.2, -0.15) is 0 Å². The lowest BCUT2D eigenvalue weighted by Crippen LogP contribution is -2.26. The minimum Gasteiger partial charge on any atom is -0.346 e. The van der Waals surface area contributed by atoms with Gasteiger partial charge in [0.2, 0.25) is 0 Å². The van der Waals surface area contributed by atoms with Crippen LogP contribution in [-0.4, -0.2) is 10.9 Å². The molecule has 0 unspecified atom stereocenters. The molecule has 0 saturated heterocycles. The first-order valence-electron chi connectivity index (χ1n) is 6.31. The summed E-state index contributed by atoms with van der Waals surface area (Å²) in [4.78, 5) is 16.3. The van der Waals surface area contributed by atoms with E-state index in [4.69, 9.17) is 5.73 Å². The van der Waals surface area contributed by atoms with Crippen molar-refractivity contribution in [2.45, 2.75) is 19.5 Å². The lowest BCUT2D eigenvalue weighted by Gasteiger charge is -2.14. The average Bonchev–Trinajstić information content (AvgIpc) is 2.47. The van der Waals surface area contributed by atoms with Gasteiger partial charge in [-0.3, -0.25) is 9.78 Å². The number of nitrogens with one attached hydrogen (secondary N) is 1. The van der Waals surface area contributed by atoms with Gasteiger partial charge >= 0.3 is 0 Å². The summed E-state index contributed by atoms with van der Waals surface area (Å²) < 4.78 is 1.02. The van der Waals surface area contributed by atoms with Crippen molar-refractivity contribution < 1.29 is 4.79 Å². The van der Waals surface area contributed by atoms with Crippen molar-refractivity contribution in [2.24, 2.45) is 5.73 Å². The average molecular weight is 334 g/mol. The summed E-state index contributed by atoms with van der Waals surface area (Å²) in [7, 11) is 0. The topological polar surface area (TPSA) is 68.0 Å². The number of carbonyl (C=O) groups is 1. The fourth-order valence-corrected chi connectivity index (χ4v) is 2.11. The number of pyridine rings is 1. The largest absolute Gasteiger partial charge is 0.346 e. The Morgan fingerprint density at radius 3 is 2.70 bits per heavy atom. The van der Waals surface area contributed by atoms with Gasteiger partial charge in [-0.05, 0) is 36.8 Å². The fourth-order valence-electron chi connectivity index (χ4n) is 1.85. The number of halogens is 1. The maximum Gasteiger partial charge on any atom is 0.251 e. The molecule has 0 radical (unpaired) electrons. The van der Waals surface area contributed by atoms with Gasteiger partial charge in [-0.25, -0.2) is 0 Å². The van der Waals surface area contributed by atoms with E-state index >= 15 is 0 Å². The molecule has 1 aromatic heterocycles. The second-order valence-corrected chi connectivity index (χ2v) is 5.40. The second-order valence-electron chi connectivity index (χ2n) is 4.49. The van der Waals surface area contributed by atoms with E-state index in [-0.39, 0.29) is 11.9 Å². The molecular weight excluding hydrogens is 318 g/mol. The van der Waals surface area contributed by atoms with Crippen LogP contribution in [0, 0.1) is 0 Å². The smallest absolute Gasteiger partial charge is 0.251 e. The zero-order valence-corrected chi connectivity index (χ0v) is 12.7. The molecule has 1 atom stereocenters. The summed E-state index contributed by atoms with van der Waals surface area (Å²) >= 11 is 3.39. The van der Waals surface area contributed by atoms with E-state index in [1.54, 1.807) is 18.3 Å². The van der Waals surface area contributed by atoms with Crippen LogP contribution in [0.5, 0.6) is 0 Å². The molecule has 4 nitrogen and oxygen atoms in total. The van der Waals surface area contributed by atoms with Crippen molar-refractivity contribution in [3.05, 3.63) is 63.9 Å². The highest BCUT2D eigenvalue weighted by Crippen LogP contribution is 2.17. The van der Waals surface area contributed by atoms with Crippen LogP contribution in [0.1, 0.15) is 34.6 Å². The van der Waals surface area contributed by atoms with Crippen LogP contribution < -0.4 is 11.1 Å². The highest BCUT2D eigenvalue weighted by atomic mass is 79.9. The summed E-state index contributed by atoms with van der Waals surface area (Å²) in [5.74, 6) is -0.127. The van der Waals surface area contributed by atoms with Gasteiger partial charge in [0.15, 0.2) is 0 Å². The van der Waals surface area contributed by atoms with E-state index in [0.717, 1.165) is 10.0 Å². The first kappa shape index (κ1) is 14.7. The van der Waals surface area contributed by atoms with Crippen LogP contribution in [0.2, 0.25) is 0 Å². The van der Waals surface area contributed by atoms with Crippen LogP contribution in [0.4, 0.5) is 0 Å². The third kappa shape index (κ3) is 3.65. The summed E-state index contributed by atoms with van der Waals surface area (Å²) in [6.45, 7) is 2.27. The Kier molecular flexibility index (Phi) is 4.87. The molecule has 1 heterocycles. The number of aromatic nitrogens is 1. The van der Waals surface area contributed by atoms with Gasteiger partial charge in [-0.15, -0.1) is 0 Å². The van der Waals surface area contributed by atoms with Gasteiger partial charge in [0, 0.05) is 22.8 Å². The number of hydrogen-bond acceptors (Lipinski definition) is 3. The van der Waals surface area contributed by atoms with E-state index < -0.39 is 0 Å². The summed E-state index contributed by atoms with van der Waals surface area (Å²) in [5.41, 5.74) is 7.85. The second kappa shape index (κ2) is 6.63. The van der Waals surface area contributed by atoms with Gasteiger partial charge < -0.3 is 11.1 Å². The van der Waals surface area contributed by atoms with Crippen molar-refractivity contribution in [3.8, 4) is 0 Å². The van der Waals surface area contributed by atoms with Crippen LogP contribution in [0.3, 0.4) is 0 Å². The molecule has 0 fully saturated rings. The van der Waals surface area contributed by atoms with Crippen molar-refractivity contribution in [3.63, 3.8) is 0 Å². The van der Waals surface area contributed by atoms with Crippen molar-refractivity contribution >= 4 is 21.8 Å². The molecule has 0 aliphatic carbocycles. The SMILES string of the molecule is C[C@H](NC(=O)c1ccnc(CN)c1)c1ccc(Br)cc1. The summed E-state index contributed by atoms with van der Waals surface area (Å²) in [6, 6.07) is 11.2. The van der Waals surface area contributed by atoms with Crippen molar-refractivity contribution in [2.75, 3.05) is 0 Å². The monoisotopic (exact) mass is 333 g/mol. The van der Waals surface area contributed by atoms with Crippen molar-refractivity contribution in [1.82, 2.24) is 10.3 Å². The maximum atomic E-state index is 12.2. The molecule has 0 bridgehead atoms. The molecule has 3 N–H and O–H groups in total. The first-order chi connectivity index (χ1) is 9.60. The molecule has 104 valence electrons. The quantitative estimate of drug-likeness (QED) is 0.903. The third-order valence-electron chi connectivity index (χ3n) is 3.01. The highest BCUT2D eigenvalue weighted by Gasteiger charge is 2.11. The van der Waals surface area contributed by atoms with E-state index in [0.29, 0.717) is 17.8 Å². The Bertz CT molecular complexity index is 598. The molecule has 5 heteroatoms. The van der Waals surface area contributed by atoms with Crippen LogP contribution in [0.15, 0.2) is 47.1 Å². The van der Waals surface area contributed by atoms with Crippen LogP contribution in [0.25, 0.3) is 0 Å². The zero-order chi connectivity index (χ0) is 14.5. The molecule has 1 aromatic carbocycles. The molecule has 0 spiro atoms. The number of carbonyl (C=O) groups excluding carboxylic acids is 1. The lowest BCUT2D eigenvalue weighted by atomic mass is 10.1. The van der Waals surface area contributed by atoms with E-state index in [2.05, 4.69) is 26.2 Å². The normalized spacial score (nSPS) is 11.9. The van der Waals surface area contributed by atoms with Gasteiger partial charge in [0.1, 0.15) is 0 Å². The minimum absolute atomic E-state index is 0.0647. The fraction of sp³-hybridized carbons (Fsp3) is 0.200. The molecular formula is C15H16BrN3O. The molecule has 2 aromatic rings. The van der Waals surface area contributed by atoms with E-state index in [1.807, 2.05) is 31.2 Å². The number of nitrogens with two attached hydrogens (primary N) is 1. The van der Waals surface area contributed by atoms with Crippen molar-refractivity contribution in [1.29, 1.82) is 0 Å².